The van der Waals surface area contributed by atoms with Crippen molar-refractivity contribution < 1.29 is 9.42 Å². The Morgan fingerprint density at radius 2 is 2.10 bits per heavy atom. The fourth-order valence-electron chi connectivity index (χ4n) is 1.91. The molecule has 0 fully saturated rings. The Labute approximate surface area is 118 Å². The van der Waals surface area contributed by atoms with Gasteiger partial charge >= 0.3 is 0 Å². The van der Waals surface area contributed by atoms with Crippen LogP contribution in [0.25, 0.3) is 11.0 Å². The van der Waals surface area contributed by atoms with E-state index in [0.29, 0.717) is 25.6 Å². The molecule has 1 amide bonds. The summed E-state index contributed by atoms with van der Waals surface area (Å²) in [6.45, 7) is 5.92. The van der Waals surface area contributed by atoms with E-state index in [4.69, 9.17) is 0 Å². The Balaban J connectivity index is 1.87. The quantitative estimate of drug-likeness (QED) is 0.864. The van der Waals surface area contributed by atoms with Gasteiger partial charge < -0.3 is 5.32 Å². The highest BCUT2D eigenvalue weighted by Crippen LogP contribution is 2.12. The van der Waals surface area contributed by atoms with Crippen molar-refractivity contribution in [1.29, 1.82) is 0 Å². The minimum absolute atomic E-state index is 0.0466. The van der Waals surface area contributed by atoms with Crippen molar-refractivity contribution in [2.24, 2.45) is 5.92 Å². The monoisotopic (exact) mass is 276 g/mol. The van der Waals surface area contributed by atoms with Gasteiger partial charge in [-0.25, -0.2) is 4.63 Å². The standard InChI is InChI=1S/C14H20N4O2/c1-10(2)7-15-14(19)9-18(3)8-11-4-5-12-13(6-11)17-20-16-12/h4-6,10H,7-9H2,1-3H3,(H,15,19). The molecule has 0 aliphatic carbocycles. The van der Waals surface area contributed by atoms with Gasteiger partial charge in [0.1, 0.15) is 11.0 Å². The lowest BCUT2D eigenvalue weighted by molar-refractivity contribution is -0.122. The molecule has 2 rings (SSSR count). The average Bonchev–Trinajstić information content (AvgIpc) is 2.83. The second kappa shape index (κ2) is 6.47. The van der Waals surface area contributed by atoms with E-state index in [2.05, 4.69) is 34.1 Å². The van der Waals surface area contributed by atoms with Crippen LogP contribution in [-0.2, 0) is 11.3 Å². The van der Waals surface area contributed by atoms with E-state index >= 15 is 0 Å². The fraction of sp³-hybridized carbons (Fsp3) is 0.500. The number of hydrogen-bond acceptors (Lipinski definition) is 5. The first kappa shape index (κ1) is 14.5. The molecule has 6 nitrogen and oxygen atoms in total. The lowest BCUT2D eigenvalue weighted by Crippen LogP contribution is -2.36. The lowest BCUT2D eigenvalue weighted by Gasteiger charge is -2.16. The maximum absolute atomic E-state index is 11.7. The molecule has 1 N–H and O–H groups in total. The largest absolute Gasteiger partial charge is 0.355 e. The summed E-state index contributed by atoms with van der Waals surface area (Å²) in [5, 5.41) is 10.5. The van der Waals surface area contributed by atoms with Crippen LogP contribution in [0.2, 0.25) is 0 Å². The molecule has 0 saturated carbocycles. The van der Waals surface area contributed by atoms with Gasteiger partial charge in [0.25, 0.3) is 0 Å². The van der Waals surface area contributed by atoms with Crippen LogP contribution in [0, 0.1) is 5.92 Å². The van der Waals surface area contributed by atoms with Crippen molar-refractivity contribution in [1.82, 2.24) is 20.5 Å². The van der Waals surface area contributed by atoms with Crippen molar-refractivity contribution >= 4 is 16.9 Å². The number of nitrogens with zero attached hydrogens (tertiary/aromatic N) is 3. The van der Waals surface area contributed by atoms with Crippen LogP contribution < -0.4 is 5.32 Å². The molecule has 0 bridgehead atoms. The molecule has 1 aromatic carbocycles. The highest BCUT2D eigenvalue weighted by molar-refractivity contribution is 5.78. The lowest BCUT2D eigenvalue weighted by atomic mass is 10.2. The van der Waals surface area contributed by atoms with Crippen LogP contribution in [-0.4, -0.2) is 41.3 Å². The fourth-order valence-corrected chi connectivity index (χ4v) is 1.91. The van der Waals surface area contributed by atoms with Gasteiger partial charge in [-0.1, -0.05) is 19.9 Å². The van der Waals surface area contributed by atoms with Gasteiger partial charge in [0.05, 0.1) is 6.54 Å². The Kier molecular flexibility index (Phi) is 4.68. The number of benzene rings is 1. The molecule has 1 aromatic heterocycles. The van der Waals surface area contributed by atoms with Gasteiger partial charge in [-0.3, -0.25) is 9.69 Å². The van der Waals surface area contributed by atoms with Crippen molar-refractivity contribution in [2.45, 2.75) is 20.4 Å². The van der Waals surface area contributed by atoms with E-state index in [0.717, 1.165) is 16.6 Å². The summed E-state index contributed by atoms with van der Waals surface area (Å²) in [5.41, 5.74) is 2.55. The molecule has 6 heteroatoms. The average molecular weight is 276 g/mol. The number of fused-ring (bicyclic) bond motifs is 1. The summed E-state index contributed by atoms with van der Waals surface area (Å²) in [6, 6.07) is 5.76. The normalized spacial score (nSPS) is 11.4. The number of aromatic nitrogens is 2. The van der Waals surface area contributed by atoms with Crippen LogP contribution in [0.5, 0.6) is 0 Å². The summed E-state index contributed by atoms with van der Waals surface area (Å²) in [4.78, 5) is 13.7. The number of rotatable bonds is 6. The van der Waals surface area contributed by atoms with Gasteiger partial charge in [-0.05, 0) is 41.0 Å². The van der Waals surface area contributed by atoms with Crippen molar-refractivity contribution in [3.05, 3.63) is 23.8 Å². The molecular weight excluding hydrogens is 256 g/mol. The summed E-state index contributed by atoms with van der Waals surface area (Å²) in [6.07, 6.45) is 0. The number of nitrogens with one attached hydrogen (secondary N) is 1. The molecule has 0 radical (unpaired) electrons. The number of carbonyl (C=O) groups is 1. The second-order valence-electron chi connectivity index (χ2n) is 5.46. The number of hydrogen-bond donors (Lipinski definition) is 1. The summed E-state index contributed by atoms with van der Waals surface area (Å²) in [5.74, 6) is 0.511. The zero-order chi connectivity index (χ0) is 14.5. The van der Waals surface area contributed by atoms with E-state index < -0.39 is 0 Å². The zero-order valence-electron chi connectivity index (χ0n) is 12.1. The third-order valence-corrected chi connectivity index (χ3v) is 2.89. The molecular formula is C14H20N4O2. The molecule has 0 aliphatic heterocycles. The van der Waals surface area contributed by atoms with E-state index in [9.17, 15) is 4.79 Å². The molecule has 1 heterocycles. The molecule has 0 aliphatic rings. The summed E-state index contributed by atoms with van der Waals surface area (Å²) in [7, 11) is 1.92. The predicted octanol–water partition coefficient (Wildman–Crippen LogP) is 1.43. The molecule has 108 valence electrons. The first-order valence-electron chi connectivity index (χ1n) is 6.71. The highest BCUT2D eigenvalue weighted by atomic mass is 16.6. The molecule has 0 unspecified atom stereocenters. The van der Waals surface area contributed by atoms with Crippen LogP contribution in [0.1, 0.15) is 19.4 Å². The van der Waals surface area contributed by atoms with Gasteiger partial charge in [0.2, 0.25) is 5.91 Å². The number of likely N-dealkylation sites (N-methyl/N-ethyl adjacent to an activating group) is 1. The SMILES string of the molecule is CC(C)CNC(=O)CN(C)Cc1ccc2nonc2c1. The van der Waals surface area contributed by atoms with Crippen molar-refractivity contribution in [2.75, 3.05) is 20.1 Å². The smallest absolute Gasteiger partial charge is 0.234 e. The third-order valence-electron chi connectivity index (χ3n) is 2.89. The van der Waals surface area contributed by atoms with Crippen LogP contribution >= 0.6 is 0 Å². The second-order valence-corrected chi connectivity index (χ2v) is 5.46. The first-order chi connectivity index (χ1) is 9.54. The van der Waals surface area contributed by atoms with Gasteiger partial charge in [0.15, 0.2) is 0 Å². The Morgan fingerprint density at radius 1 is 1.35 bits per heavy atom. The Bertz CT molecular complexity index is 579. The molecule has 0 atom stereocenters. The maximum atomic E-state index is 11.7. The van der Waals surface area contributed by atoms with E-state index in [-0.39, 0.29) is 5.91 Å². The number of amides is 1. The van der Waals surface area contributed by atoms with Gasteiger partial charge in [-0.15, -0.1) is 0 Å². The Morgan fingerprint density at radius 3 is 2.85 bits per heavy atom. The van der Waals surface area contributed by atoms with E-state index in [1.807, 2.05) is 30.1 Å². The number of carbonyl (C=O) groups excluding carboxylic acids is 1. The Hall–Kier alpha value is -1.95. The van der Waals surface area contributed by atoms with Crippen LogP contribution in [0.3, 0.4) is 0 Å². The molecule has 2 aromatic rings. The third kappa shape index (κ3) is 4.03. The van der Waals surface area contributed by atoms with E-state index in [1.54, 1.807) is 0 Å². The summed E-state index contributed by atoms with van der Waals surface area (Å²) >= 11 is 0. The minimum atomic E-state index is 0.0466. The van der Waals surface area contributed by atoms with Gasteiger partial charge in [-0.2, -0.15) is 0 Å². The molecule has 20 heavy (non-hydrogen) atoms. The molecule has 0 saturated heterocycles. The van der Waals surface area contributed by atoms with Gasteiger partial charge in [0, 0.05) is 13.1 Å². The van der Waals surface area contributed by atoms with Crippen molar-refractivity contribution in [3.8, 4) is 0 Å². The minimum Gasteiger partial charge on any atom is -0.355 e. The highest BCUT2D eigenvalue weighted by Gasteiger charge is 2.08. The zero-order valence-corrected chi connectivity index (χ0v) is 12.1. The van der Waals surface area contributed by atoms with Crippen molar-refractivity contribution in [3.63, 3.8) is 0 Å². The van der Waals surface area contributed by atoms with Crippen LogP contribution in [0.4, 0.5) is 0 Å². The maximum Gasteiger partial charge on any atom is 0.234 e. The van der Waals surface area contributed by atoms with Crippen LogP contribution in [0.15, 0.2) is 22.8 Å². The summed E-state index contributed by atoms with van der Waals surface area (Å²) < 4.78 is 4.67. The predicted molar refractivity (Wildman–Crippen MR) is 76.0 cm³/mol. The topological polar surface area (TPSA) is 71.3 Å². The first-order valence-corrected chi connectivity index (χ1v) is 6.71. The van der Waals surface area contributed by atoms with E-state index in [1.165, 1.54) is 0 Å². The molecule has 0 spiro atoms.